The molecule has 1 saturated heterocycles. The lowest BCUT2D eigenvalue weighted by Crippen LogP contribution is -2.45. The number of nitrogens with zero attached hydrogens (tertiary/aromatic N) is 2. The van der Waals surface area contributed by atoms with Crippen molar-refractivity contribution in [2.24, 2.45) is 0 Å². The summed E-state index contributed by atoms with van der Waals surface area (Å²) in [6, 6.07) is 1.02. The molecule has 0 amide bonds. The molecule has 0 atom stereocenters. The molecule has 1 aliphatic heterocycles. The van der Waals surface area contributed by atoms with E-state index >= 15 is 0 Å². The average Bonchev–Trinajstić information content (AvgIpc) is 2.30. The molecule has 1 heterocycles. The number of benzene rings is 1. The van der Waals surface area contributed by atoms with Crippen molar-refractivity contribution in [3.05, 3.63) is 23.3 Å². The number of carbonyl (C=O) groups excluding carboxylic acids is 1. The fourth-order valence-corrected chi connectivity index (χ4v) is 2.30. The van der Waals surface area contributed by atoms with Crippen LogP contribution in [0.15, 0.2) is 6.07 Å². The Labute approximate surface area is 110 Å². The van der Waals surface area contributed by atoms with Crippen LogP contribution in [0, 0.1) is 11.6 Å². The molecule has 0 aliphatic carbocycles. The van der Waals surface area contributed by atoms with Crippen LogP contribution >= 0.6 is 0 Å². The number of carbonyl (C=O) groups is 1. The SMILES string of the molecule is CC(=O)c1c(N)cc(F)c(N2CCN(C)CC2)c1F. The number of halogens is 2. The molecule has 2 N–H and O–H groups in total. The first-order valence-electron chi connectivity index (χ1n) is 6.13. The molecule has 1 aromatic carbocycles. The molecule has 1 aliphatic rings. The van der Waals surface area contributed by atoms with Crippen molar-refractivity contribution < 1.29 is 13.6 Å². The molecule has 1 aromatic rings. The summed E-state index contributed by atoms with van der Waals surface area (Å²) in [5, 5.41) is 0. The largest absolute Gasteiger partial charge is 0.398 e. The molecule has 0 unspecified atom stereocenters. The third kappa shape index (κ3) is 2.53. The van der Waals surface area contributed by atoms with Crippen molar-refractivity contribution in [1.82, 2.24) is 4.90 Å². The maximum absolute atomic E-state index is 14.3. The van der Waals surface area contributed by atoms with E-state index in [9.17, 15) is 13.6 Å². The third-order valence-electron chi connectivity index (χ3n) is 3.40. The summed E-state index contributed by atoms with van der Waals surface area (Å²) in [5.74, 6) is -2.07. The molecule has 2 rings (SSSR count). The van der Waals surface area contributed by atoms with Crippen molar-refractivity contribution in [3.8, 4) is 0 Å². The fraction of sp³-hybridized carbons (Fsp3) is 0.462. The van der Waals surface area contributed by atoms with Gasteiger partial charge in [0.15, 0.2) is 17.4 Å². The van der Waals surface area contributed by atoms with Gasteiger partial charge in [0.1, 0.15) is 5.69 Å². The molecular formula is C13H17F2N3O. The Morgan fingerprint density at radius 2 is 1.84 bits per heavy atom. The average molecular weight is 269 g/mol. The van der Waals surface area contributed by atoms with E-state index < -0.39 is 17.4 Å². The summed E-state index contributed by atoms with van der Waals surface area (Å²) in [5.41, 5.74) is 4.99. The lowest BCUT2D eigenvalue weighted by atomic mass is 10.1. The van der Waals surface area contributed by atoms with Crippen LogP contribution in [0.1, 0.15) is 17.3 Å². The molecule has 19 heavy (non-hydrogen) atoms. The van der Waals surface area contributed by atoms with Gasteiger partial charge in [-0.15, -0.1) is 0 Å². The Morgan fingerprint density at radius 3 is 2.37 bits per heavy atom. The quantitative estimate of drug-likeness (QED) is 0.653. The highest BCUT2D eigenvalue weighted by Gasteiger charge is 2.26. The van der Waals surface area contributed by atoms with Gasteiger partial charge in [0.05, 0.1) is 5.56 Å². The van der Waals surface area contributed by atoms with E-state index in [1.54, 1.807) is 4.90 Å². The van der Waals surface area contributed by atoms with Gasteiger partial charge < -0.3 is 15.5 Å². The summed E-state index contributed by atoms with van der Waals surface area (Å²) in [6.45, 7) is 3.70. The van der Waals surface area contributed by atoms with E-state index in [0.29, 0.717) is 13.1 Å². The van der Waals surface area contributed by atoms with E-state index in [1.165, 1.54) is 6.92 Å². The molecule has 104 valence electrons. The minimum atomic E-state index is -0.852. The summed E-state index contributed by atoms with van der Waals surface area (Å²) in [6.07, 6.45) is 0. The number of rotatable bonds is 2. The number of anilines is 2. The number of ketones is 1. The minimum Gasteiger partial charge on any atom is -0.398 e. The molecule has 1 fully saturated rings. The van der Waals surface area contributed by atoms with E-state index in [4.69, 9.17) is 5.73 Å². The number of hydrogen-bond acceptors (Lipinski definition) is 4. The first-order valence-corrected chi connectivity index (χ1v) is 6.13. The van der Waals surface area contributed by atoms with Gasteiger partial charge in [0.25, 0.3) is 0 Å². The third-order valence-corrected chi connectivity index (χ3v) is 3.40. The molecule has 0 bridgehead atoms. The molecule has 4 nitrogen and oxygen atoms in total. The van der Waals surface area contributed by atoms with Crippen LogP contribution in [0.4, 0.5) is 20.2 Å². The highest BCUT2D eigenvalue weighted by atomic mass is 19.1. The second-order valence-corrected chi connectivity index (χ2v) is 4.83. The normalized spacial score (nSPS) is 16.7. The van der Waals surface area contributed by atoms with Gasteiger partial charge in [-0.05, 0) is 20.0 Å². The predicted octanol–water partition coefficient (Wildman–Crippen LogP) is 1.50. The summed E-state index contributed by atoms with van der Waals surface area (Å²) in [7, 11) is 1.95. The van der Waals surface area contributed by atoms with Crippen LogP contribution in [0.5, 0.6) is 0 Å². The number of likely N-dealkylation sites (N-methyl/N-ethyl adjacent to an activating group) is 1. The zero-order valence-corrected chi connectivity index (χ0v) is 11.0. The number of piperazine rings is 1. The lowest BCUT2D eigenvalue weighted by Gasteiger charge is -2.34. The second-order valence-electron chi connectivity index (χ2n) is 4.83. The van der Waals surface area contributed by atoms with Crippen LogP contribution in [0.25, 0.3) is 0 Å². The van der Waals surface area contributed by atoms with Crippen molar-refractivity contribution in [2.75, 3.05) is 43.9 Å². The van der Waals surface area contributed by atoms with Gasteiger partial charge in [-0.1, -0.05) is 0 Å². The highest BCUT2D eigenvalue weighted by molar-refractivity contribution is 6.00. The van der Waals surface area contributed by atoms with Crippen molar-refractivity contribution in [1.29, 1.82) is 0 Å². The summed E-state index contributed by atoms with van der Waals surface area (Å²) >= 11 is 0. The smallest absolute Gasteiger partial charge is 0.164 e. The van der Waals surface area contributed by atoms with Crippen LogP contribution < -0.4 is 10.6 Å². The Morgan fingerprint density at radius 1 is 1.26 bits per heavy atom. The summed E-state index contributed by atoms with van der Waals surface area (Å²) in [4.78, 5) is 15.1. The van der Waals surface area contributed by atoms with Crippen LogP contribution in [0.2, 0.25) is 0 Å². The van der Waals surface area contributed by atoms with Crippen molar-refractivity contribution in [2.45, 2.75) is 6.92 Å². The highest BCUT2D eigenvalue weighted by Crippen LogP contribution is 2.31. The molecule has 0 radical (unpaired) electrons. The van der Waals surface area contributed by atoms with E-state index in [2.05, 4.69) is 4.90 Å². The van der Waals surface area contributed by atoms with E-state index in [1.807, 2.05) is 7.05 Å². The monoisotopic (exact) mass is 269 g/mol. The topological polar surface area (TPSA) is 49.6 Å². The van der Waals surface area contributed by atoms with Crippen molar-refractivity contribution in [3.63, 3.8) is 0 Å². The maximum atomic E-state index is 14.3. The first-order chi connectivity index (χ1) is 8.91. The zero-order chi connectivity index (χ0) is 14.2. The van der Waals surface area contributed by atoms with Crippen LogP contribution in [-0.2, 0) is 0 Å². The standard InChI is InChI=1S/C13H17F2N3O/c1-8(19)11-10(16)7-9(14)13(12(11)15)18-5-3-17(2)4-6-18/h7H,3-6,16H2,1-2H3. The Balaban J connectivity index is 2.45. The number of Topliss-reactive ketones (excluding diaryl/α,β-unsaturated/α-hetero) is 1. The van der Waals surface area contributed by atoms with Gasteiger partial charge >= 0.3 is 0 Å². The molecular weight excluding hydrogens is 252 g/mol. The number of nitrogens with two attached hydrogens (primary N) is 1. The van der Waals surface area contributed by atoms with Gasteiger partial charge in [-0.3, -0.25) is 4.79 Å². The second kappa shape index (κ2) is 5.13. The lowest BCUT2D eigenvalue weighted by molar-refractivity contribution is 0.101. The van der Waals surface area contributed by atoms with Gasteiger partial charge in [0.2, 0.25) is 0 Å². The molecule has 0 spiro atoms. The van der Waals surface area contributed by atoms with E-state index in [-0.39, 0.29) is 16.9 Å². The summed E-state index contributed by atoms with van der Waals surface area (Å²) < 4.78 is 28.3. The minimum absolute atomic E-state index is 0.146. The predicted molar refractivity (Wildman–Crippen MR) is 70.5 cm³/mol. The Bertz CT molecular complexity index is 511. The number of nitrogen functional groups attached to an aromatic ring is 1. The van der Waals surface area contributed by atoms with Crippen LogP contribution in [-0.4, -0.2) is 43.9 Å². The Kier molecular flexibility index (Phi) is 3.71. The molecule has 0 saturated carbocycles. The van der Waals surface area contributed by atoms with E-state index in [0.717, 1.165) is 19.2 Å². The first kappa shape index (κ1) is 13.7. The maximum Gasteiger partial charge on any atom is 0.164 e. The Hall–Kier alpha value is -1.69. The fourth-order valence-electron chi connectivity index (χ4n) is 2.30. The zero-order valence-electron chi connectivity index (χ0n) is 11.0. The van der Waals surface area contributed by atoms with Crippen LogP contribution in [0.3, 0.4) is 0 Å². The van der Waals surface area contributed by atoms with Crippen molar-refractivity contribution >= 4 is 17.2 Å². The van der Waals surface area contributed by atoms with Gasteiger partial charge in [-0.25, -0.2) is 8.78 Å². The molecule has 6 heteroatoms. The van der Waals surface area contributed by atoms with Gasteiger partial charge in [-0.2, -0.15) is 0 Å². The number of hydrogen-bond donors (Lipinski definition) is 1. The van der Waals surface area contributed by atoms with Gasteiger partial charge in [0, 0.05) is 31.9 Å². The molecule has 0 aromatic heterocycles.